The van der Waals surface area contributed by atoms with Crippen LogP contribution in [0.1, 0.15) is 51.0 Å². The van der Waals surface area contributed by atoms with Gasteiger partial charge in [0.15, 0.2) is 0 Å². The summed E-state index contributed by atoms with van der Waals surface area (Å²) in [5.74, 6) is 2.28. The second-order valence-corrected chi connectivity index (χ2v) is 5.75. The second-order valence-electron chi connectivity index (χ2n) is 5.75. The van der Waals surface area contributed by atoms with Crippen molar-refractivity contribution in [1.82, 2.24) is 10.2 Å². The molecule has 1 aliphatic heterocycles. The fourth-order valence-electron chi connectivity index (χ4n) is 3.31. The highest BCUT2D eigenvalue weighted by Gasteiger charge is 2.32. The quantitative estimate of drug-likeness (QED) is 0.870. The van der Waals surface area contributed by atoms with E-state index in [0.717, 1.165) is 24.9 Å². The van der Waals surface area contributed by atoms with Crippen LogP contribution in [0.25, 0.3) is 0 Å². The number of anilines is 1. The third kappa shape index (κ3) is 2.23. The molecule has 0 bridgehead atoms. The standard InChI is InChI=1S/C13H22N4O/c1-9(14)12-15-16-13(18-12)17-7-6-10-4-2-3-5-11(10)8-17/h9-11H,2-8,14H2,1H3. The zero-order valence-corrected chi connectivity index (χ0v) is 11.0. The molecular formula is C13H22N4O. The van der Waals surface area contributed by atoms with Crippen LogP contribution in [0.2, 0.25) is 0 Å². The summed E-state index contributed by atoms with van der Waals surface area (Å²) in [7, 11) is 0. The van der Waals surface area contributed by atoms with E-state index in [9.17, 15) is 0 Å². The van der Waals surface area contributed by atoms with Crippen molar-refractivity contribution in [2.75, 3.05) is 18.0 Å². The van der Waals surface area contributed by atoms with Gasteiger partial charge in [-0.05, 0) is 31.6 Å². The Morgan fingerprint density at radius 2 is 2.00 bits per heavy atom. The Morgan fingerprint density at radius 3 is 2.72 bits per heavy atom. The molecule has 5 nitrogen and oxygen atoms in total. The Morgan fingerprint density at radius 1 is 1.22 bits per heavy atom. The first kappa shape index (κ1) is 12.0. The van der Waals surface area contributed by atoms with Crippen LogP contribution in [0, 0.1) is 11.8 Å². The highest BCUT2D eigenvalue weighted by Crippen LogP contribution is 2.37. The molecule has 0 amide bonds. The minimum Gasteiger partial charge on any atom is -0.406 e. The summed E-state index contributed by atoms with van der Waals surface area (Å²) in [5.41, 5.74) is 5.75. The minimum absolute atomic E-state index is 0.182. The molecule has 0 spiro atoms. The summed E-state index contributed by atoms with van der Waals surface area (Å²) < 4.78 is 5.64. The van der Waals surface area contributed by atoms with Crippen molar-refractivity contribution in [1.29, 1.82) is 0 Å². The Balaban J connectivity index is 1.69. The van der Waals surface area contributed by atoms with Gasteiger partial charge in [0.05, 0.1) is 6.04 Å². The predicted octanol–water partition coefficient (Wildman–Crippen LogP) is 2.11. The zero-order chi connectivity index (χ0) is 12.5. The first-order valence-corrected chi connectivity index (χ1v) is 7.08. The monoisotopic (exact) mass is 250 g/mol. The van der Waals surface area contributed by atoms with Gasteiger partial charge in [-0.2, -0.15) is 0 Å². The van der Waals surface area contributed by atoms with Crippen LogP contribution in [0.15, 0.2) is 4.42 Å². The molecular weight excluding hydrogens is 228 g/mol. The van der Waals surface area contributed by atoms with E-state index < -0.39 is 0 Å². The average molecular weight is 250 g/mol. The lowest BCUT2D eigenvalue weighted by Gasteiger charge is -2.40. The van der Waals surface area contributed by atoms with Gasteiger partial charge >= 0.3 is 6.01 Å². The SMILES string of the molecule is CC(N)c1nnc(N2CCC3CCCCC3C2)o1. The van der Waals surface area contributed by atoms with Crippen LogP contribution in [-0.2, 0) is 0 Å². The summed E-state index contributed by atoms with van der Waals surface area (Å²) in [6, 6.07) is 0.477. The van der Waals surface area contributed by atoms with Gasteiger partial charge in [0.2, 0.25) is 5.89 Å². The van der Waals surface area contributed by atoms with E-state index >= 15 is 0 Å². The number of hydrogen-bond acceptors (Lipinski definition) is 5. The molecule has 1 saturated carbocycles. The lowest BCUT2D eigenvalue weighted by Crippen LogP contribution is -2.42. The molecule has 3 atom stereocenters. The van der Waals surface area contributed by atoms with E-state index in [2.05, 4.69) is 15.1 Å². The fraction of sp³-hybridized carbons (Fsp3) is 0.846. The first-order valence-electron chi connectivity index (χ1n) is 7.08. The normalized spacial score (nSPS) is 30.0. The molecule has 0 radical (unpaired) electrons. The van der Waals surface area contributed by atoms with E-state index in [4.69, 9.17) is 10.2 Å². The Hall–Kier alpha value is -1.10. The van der Waals surface area contributed by atoms with Crippen molar-refractivity contribution in [3.05, 3.63) is 5.89 Å². The molecule has 1 aliphatic carbocycles. The van der Waals surface area contributed by atoms with Crippen molar-refractivity contribution >= 4 is 6.01 Å². The summed E-state index contributed by atoms with van der Waals surface area (Å²) in [6.07, 6.45) is 6.82. The summed E-state index contributed by atoms with van der Waals surface area (Å²) >= 11 is 0. The molecule has 18 heavy (non-hydrogen) atoms. The molecule has 1 aromatic rings. The second kappa shape index (κ2) is 4.88. The van der Waals surface area contributed by atoms with E-state index in [-0.39, 0.29) is 6.04 Å². The number of nitrogens with zero attached hydrogens (tertiary/aromatic N) is 3. The van der Waals surface area contributed by atoms with Crippen LogP contribution in [0.5, 0.6) is 0 Å². The molecule has 2 aliphatic rings. The minimum atomic E-state index is -0.182. The van der Waals surface area contributed by atoms with Gasteiger partial charge < -0.3 is 15.1 Å². The maximum Gasteiger partial charge on any atom is 0.318 e. The highest BCUT2D eigenvalue weighted by molar-refractivity contribution is 5.25. The molecule has 3 rings (SSSR count). The van der Waals surface area contributed by atoms with E-state index in [1.165, 1.54) is 32.1 Å². The molecule has 100 valence electrons. The summed E-state index contributed by atoms with van der Waals surface area (Å²) in [5, 5.41) is 8.14. The topological polar surface area (TPSA) is 68.2 Å². The maximum atomic E-state index is 5.75. The van der Waals surface area contributed by atoms with Crippen LogP contribution in [0.4, 0.5) is 6.01 Å². The van der Waals surface area contributed by atoms with Crippen molar-refractivity contribution < 1.29 is 4.42 Å². The van der Waals surface area contributed by atoms with E-state index in [1.807, 2.05) is 6.92 Å². The Bertz CT molecular complexity index is 403. The van der Waals surface area contributed by atoms with Crippen LogP contribution >= 0.6 is 0 Å². The predicted molar refractivity (Wildman–Crippen MR) is 69.2 cm³/mol. The average Bonchev–Trinajstić information content (AvgIpc) is 2.88. The van der Waals surface area contributed by atoms with Gasteiger partial charge in [-0.25, -0.2) is 0 Å². The summed E-state index contributed by atoms with van der Waals surface area (Å²) in [4.78, 5) is 2.24. The van der Waals surface area contributed by atoms with Gasteiger partial charge in [-0.3, -0.25) is 0 Å². The number of nitrogens with two attached hydrogens (primary N) is 1. The number of hydrogen-bond donors (Lipinski definition) is 1. The van der Waals surface area contributed by atoms with Gasteiger partial charge in [0.1, 0.15) is 0 Å². The van der Waals surface area contributed by atoms with Gasteiger partial charge in [-0.1, -0.05) is 24.4 Å². The van der Waals surface area contributed by atoms with Crippen molar-refractivity contribution in [2.45, 2.75) is 45.1 Å². The van der Waals surface area contributed by atoms with E-state index in [1.54, 1.807) is 0 Å². The molecule has 5 heteroatoms. The van der Waals surface area contributed by atoms with E-state index in [0.29, 0.717) is 11.9 Å². The Labute approximate surface area is 108 Å². The zero-order valence-electron chi connectivity index (χ0n) is 11.0. The molecule has 1 saturated heterocycles. The number of rotatable bonds is 2. The van der Waals surface area contributed by atoms with Crippen molar-refractivity contribution in [3.63, 3.8) is 0 Å². The number of aromatic nitrogens is 2. The molecule has 3 unspecified atom stereocenters. The maximum absolute atomic E-state index is 5.75. The summed E-state index contributed by atoms with van der Waals surface area (Å²) in [6.45, 7) is 3.98. The van der Waals surface area contributed by atoms with Crippen LogP contribution in [-0.4, -0.2) is 23.3 Å². The lowest BCUT2D eigenvalue weighted by atomic mass is 9.75. The molecule has 2 heterocycles. The van der Waals surface area contributed by atoms with Gasteiger partial charge in [0.25, 0.3) is 0 Å². The third-order valence-corrected chi connectivity index (χ3v) is 4.38. The molecule has 2 fully saturated rings. The van der Waals surface area contributed by atoms with Gasteiger partial charge in [0, 0.05) is 13.1 Å². The van der Waals surface area contributed by atoms with Gasteiger partial charge in [-0.15, -0.1) is 5.10 Å². The Kier molecular flexibility index (Phi) is 3.24. The van der Waals surface area contributed by atoms with Crippen molar-refractivity contribution in [3.8, 4) is 0 Å². The third-order valence-electron chi connectivity index (χ3n) is 4.38. The number of piperidine rings is 1. The van der Waals surface area contributed by atoms with Crippen LogP contribution < -0.4 is 10.6 Å². The lowest BCUT2D eigenvalue weighted by molar-refractivity contribution is 0.198. The largest absolute Gasteiger partial charge is 0.406 e. The smallest absolute Gasteiger partial charge is 0.318 e. The van der Waals surface area contributed by atoms with Crippen LogP contribution in [0.3, 0.4) is 0 Å². The fourth-order valence-corrected chi connectivity index (χ4v) is 3.31. The molecule has 0 aromatic carbocycles. The first-order chi connectivity index (χ1) is 8.74. The number of fused-ring (bicyclic) bond motifs is 1. The molecule has 2 N–H and O–H groups in total. The molecule has 1 aromatic heterocycles. The van der Waals surface area contributed by atoms with Crippen molar-refractivity contribution in [2.24, 2.45) is 17.6 Å². The highest BCUT2D eigenvalue weighted by atomic mass is 16.4.